The van der Waals surface area contributed by atoms with Crippen molar-refractivity contribution in [1.29, 1.82) is 0 Å². The van der Waals surface area contributed by atoms with Crippen molar-refractivity contribution in [2.75, 3.05) is 0 Å². The van der Waals surface area contributed by atoms with Crippen LogP contribution in [0.3, 0.4) is 0 Å². The van der Waals surface area contributed by atoms with E-state index in [1.165, 1.54) is 11.8 Å². The minimum Gasteiger partial charge on any atom is -0.441 e. The number of nitrogens with one attached hydrogen (secondary N) is 1. The Bertz CT molecular complexity index is 960. The summed E-state index contributed by atoms with van der Waals surface area (Å²) in [5.41, 5.74) is 4.46. The number of aryl methyl sites for hydroxylation is 3. The lowest BCUT2D eigenvalue weighted by atomic mass is 10.1. The second-order valence-electron chi connectivity index (χ2n) is 5.97. The fourth-order valence-corrected chi connectivity index (χ4v) is 3.58. The van der Waals surface area contributed by atoms with Gasteiger partial charge in [0.2, 0.25) is 5.89 Å². The maximum absolute atomic E-state index is 12.0. The van der Waals surface area contributed by atoms with Crippen molar-refractivity contribution in [3.63, 3.8) is 0 Å². The van der Waals surface area contributed by atoms with Crippen LogP contribution in [0.4, 0.5) is 0 Å². The second-order valence-corrected chi connectivity index (χ2v) is 6.93. The molecule has 0 amide bonds. The first-order valence-corrected chi connectivity index (χ1v) is 9.22. The van der Waals surface area contributed by atoms with Gasteiger partial charge in [-0.05, 0) is 39.3 Å². The fraction of sp³-hybridized carbons (Fsp3) is 0.316. The Kier molecular flexibility index (Phi) is 5.08. The fourth-order valence-electron chi connectivity index (χ4n) is 2.67. The molecule has 0 aliphatic rings. The van der Waals surface area contributed by atoms with Crippen molar-refractivity contribution >= 4 is 11.8 Å². The second kappa shape index (κ2) is 7.27. The molecule has 0 saturated heterocycles. The maximum Gasteiger partial charge on any atom is 0.254 e. The predicted molar refractivity (Wildman–Crippen MR) is 99.9 cm³/mol. The lowest BCUT2D eigenvalue weighted by molar-refractivity contribution is 0.540. The maximum atomic E-state index is 12.0. The largest absolute Gasteiger partial charge is 0.441 e. The number of hydrogen-bond donors (Lipinski definition) is 1. The molecule has 0 unspecified atom stereocenters. The van der Waals surface area contributed by atoms with Crippen molar-refractivity contribution in [1.82, 2.24) is 15.0 Å². The zero-order chi connectivity index (χ0) is 18.0. The van der Waals surface area contributed by atoms with E-state index in [-0.39, 0.29) is 5.56 Å². The first-order chi connectivity index (χ1) is 12.0. The van der Waals surface area contributed by atoms with Crippen LogP contribution in [0.25, 0.3) is 11.5 Å². The van der Waals surface area contributed by atoms with Gasteiger partial charge in [-0.15, -0.1) is 0 Å². The van der Waals surface area contributed by atoms with Gasteiger partial charge in [-0.25, -0.2) is 9.97 Å². The zero-order valence-corrected chi connectivity index (χ0v) is 15.7. The monoisotopic (exact) mass is 355 g/mol. The van der Waals surface area contributed by atoms with Gasteiger partial charge in [0, 0.05) is 22.6 Å². The molecule has 25 heavy (non-hydrogen) atoms. The molecular formula is C19H21N3O2S. The summed E-state index contributed by atoms with van der Waals surface area (Å²) in [6, 6.07) is 8.07. The molecule has 0 spiro atoms. The van der Waals surface area contributed by atoms with Crippen molar-refractivity contribution in [3.05, 3.63) is 62.9 Å². The van der Waals surface area contributed by atoms with E-state index < -0.39 is 0 Å². The third kappa shape index (κ3) is 3.85. The van der Waals surface area contributed by atoms with Gasteiger partial charge in [-0.1, -0.05) is 36.4 Å². The van der Waals surface area contributed by atoms with Crippen LogP contribution in [-0.4, -0.2) is 15.0 Å². The van der Waals surface area contributed by atoms with Crippen LogP contribution >= 0.6 is 11.8 Å². The highest BCUT2D eigenvalue weighted by Crippen LogP contribution is 2.26. The van der Waals surface area contributed by atoms with E-state index in [1.54, 1.807) is 0 Å². The predicted octanol–water partition coefficient (Wildman–Crippen LogP) is 4.20. The summed E-state index contributed by atoms with van der Waals surface area (Å²) in [7, 11) is 0. The van der Waals surface area contributed by atoms with Crippen LogP contribution in [0, 0.1) is 20.8 Å². The van der Waals surface area contributed by atoms with Crippen LogP contribution in [0.15, 0.2) is 38.6 Å². The number of oxazole rings is 1. The quantitative estimate of drug-likeness (QED) is 0.548. The molecule has 0 aliphatic heterocycles. The number of hydrogen-bond acceptors (Lipinski definition) is 5. The highest BCUT2D eigenvalue weighted by molar-refractivity contribution is 7.98. The van der Waals surface area contributed by atoms with Crippen molar-refractivity contribution in [3.8, 4) is 11.5 Å². The zero-order valence-electron chi connectivity index (χ0n) is 14.8. The molecule has 3 rings (SSSR count). The van der Waals surface area contributed by atoms with E-state index in [1.807, 2.05) is 52.0 Å². The normalized spacial score (nSPS) is 11.0. The van der Waals surface area contributed by atoms with Gasteiger partial charge in [0.05, 0.1) is 5.69 Å². The standard InChI is InChI=1S/C19H21N3O2S/c1-5-15-12(3)20-19(22-17(15)23)25-10-16-13(4)24-18(21-16)14-8-6-7-11(2)9-14/h6-9H,5,10H2,1-4H3,(H,20,22,23). The Morgan fingerprint density at radius 3 is 2.68 bits per heavy atom. The Morgan fingerprint density at radius 2 is 2.00 bits per heavy atom. The highest BCUT2D eigenvalue weighted by Gasteiger charge is 2.13. The lowest BCUT2D eigenvalue weighted by Crippen LogP contribution is -2.16. The molecule has 130 valence electrons. The summed E-state index contributed by atoms with van der Waals surface area (Å²) in [4.78, 5) is 24.0. The smallest absolute Gasteiger partial charge is 0.254 e. The third-order valence-electron chi connectivity index (χ3n) is 4.06. The first-order valence-electron chi connectivity index (χ1n) is 8.24. The van der Waals surface area contributed by atoms with Crippen LogP contribution in [0.1, 0.15) is 35.2 Å². The van der Waals surface area contributed by atoms with E-state index in [4.69, 9.17) is 4.42 Å². The molecule has 0 aliphatic carbocycles. The average Bonchev–Trinajstić information content (AvgIpc) is 2.94. The minimum atomic E-state index is -0.0603. The van der Waals surface area contributed by atoms with E-state index >= 15 is 0 Å². The van der Waals surface area contributed by atoms with Gasteiger partial charge < -0.3 is 9.40 Å². The summed E-state index contributed by atoms with van der Waals surface area (Å²) in [6.45, 7) is 7.77. The lowest BCUT2D eigenvalue weighted by Gasteiger charge is -2.04. The summed E-state index contributed by atoms with van der Waals surface area (Å²) in [6.07, 6.45) is 0.682. The summed E-state index contributed by atoms with van der Waals surface area (Å²) < 4.78 is 5.81. The molecule has 2 aromatic heterocycles. The SMILES string of the molecule is CCc1c(C)nc(SCc2nc(-c3cccc(C)c3)oc2C)[nH]c1=O. The number of aromatic amines is 1. The van der Waals surface area contributed by atoms with Gasteiger partial charge in [0.25, 0.3) is 5.56 Å². The number of thioether (sulfide) groups is 1. The molecule has 1 aromatic carbocycles. The molecular weight excluding hydrogens is 334 g/mol. The van der Waals surface area contributed by atoms with E-state index in [9.17, 15) is 4.79 Å². The molecule has 2 heterocycles. The van der Waals surface area contributed by atoms with Gasteiger partial charge >= 0.3 is 0 Å². The first kappa shape index (κ1) is 17.5. The van der Waals surface area contributed by atoms with Crippen molar-refractivity contribution < 1.29 is 4.42 Å². The molecule has 0 bridgehead atoms. The summed E-state index contributed by atoms with van der Waals surface area (Å²) in [5, 5.41) is 0.610. The van der Waals surface area contributed by atoms with E-state index in [0.717, 1.165) is 33.8 Å². The van der Waals surface area contributed by atoms with Gasteiger partial charge in [-0.2, -0.15) is 0 Å². The summed E-state index contributed by atoms with van der Waals surface area (Å²) >= 11 is 1.46. The van der Waals surface area contributed by atoms with Crippen molar-refractivity contribution in [2.24, 2.45) is 0 Å². The molecule has 0 radical (unpaired) electrons. The van der Waals surface area contributed by atoms with Crippen LogP contribution in [0.5, 0.6) is 0 Å². The molecule has 5 nitrogen and oxygen atoms in total. The molecule has 0 atom stereocenters. The Balaban J connectivity index is 1.79. The van der Waals surface area contributed by atoms with Gasteiger partial charge in [-0.3, -0.25) is 4.79 Å². The Labute approximate surface area is 150 Å². The topological polar surface area (TPSA) is 71.8 Å². The van der Waals surface area contributed by atoms with Crippen molar-refractivity contribution in [2.45, 2.75) is 45.0 Å². The summed E-state index contributed by atoms with van der Waals surface area (Å²) in [5.74, 6) is 2.00. The van der Waals surface area contributed by atoms with Crippen LogP contribution in [-0.2, 0) is 12.2 Å². The number of aromatic nitrogens is 3. The molecule has 3 aromatic rings. The third-order valence-corrected chi connectivity index (χ3v) is 4.94. The minimum absolute atomic E-state index is 0.0603. The van der Waals surface area contributed by atoms with Crippen LogP contribution in [0.2, 0.25) is 0 Å². The highest BCUT2D eigenvalue weighted by atomic mass is 32.2. The molecule has 6 heteroatoms. The molecule has 0 fully saturated rings. The molecule has 1 N–H and O–H groups in total. The number of benzene rings is 1. The molecule has 0 saturated carbocycles. The number of H-pyrrole nitrogens is 1. The van der Waals surface area contributed by atoms with Gasteiger partial charge in [0.15, 0.2) is 5.16 Å². The van der Waals surface area contributed by atoms with Gasteiger partial charge in [0.1, 0.15) is 5.76 Å². The van der Waals surface area contributed by atoms with E-state index in [2.05, 4.69) is 15.0 Å². The van der Waals surface area contributed by atoms with Crippen LogP contribution < -0.4 is 5.56 Å². The average molecular weight is 355 g/mol. The van der Waals surface area contributed by atoms with E-state index in [0.29, 0.717) is 23.2 Å². The Morgan fingerprint density at radius 1 is 1.20 bits per heavy atom. The number of nitrogens with zero attached hydrogens (tertiary/aromatic N) is 2. The Hall–Kier alpha value is -2.34. The number of rotatable bonds is 5.